The van der Waals surface area contributed by atoms with Crippen molar-refractivity contribution in [1.29, 1.82) is 0 Å². The molecule has 0 N–H and O–H groups in total. The second-order valence-electron chi connectivity index (χ2n) is 4.73. The van der Waals surface area contributed by atoms with Crippen molar-refractivity contribution in [2.24, 2.45) is 19.1 Å². The van der Waals surface area contributed by atoms with E-state index in [0.29, 0.717) is 5.95 Å². The van der Waals surface area contributed by atoms with E-state index in [1.807, 2.05) is 59.9 Å². The maximum Gasteiger partial charge on any atom is 0.230 e. The fourth-order valence-corrected chi connectivity index (χ4v) is 2.28. The lowest BCUT2D eigenvalue weighted by atomic mass is 10.3. The third-order valence-corrected chi connectivity index (χ3v) is 3.51. The largest absolute Gasteiger partial charge is 0.330 e. The Hall–Kier alpha value is -2.43. The Balaban J connectivity index is 1.98. The topological polar surface area (TPSA) is 48.0 Å². The van der Waals surface area contributed by atoms with Crippen LogP contribution in [0.4, 0.5) is 5.95 Å². The van der Waals surface area contributed by atoms with Gasteiger partial charge in [-0.2, -0.15) is 0 Å². The van der Waals surface area contributed by atoms with E-state index >= 15 is 0 Å². The minimum Gasteiger partial charge on any atom is -0.330 e. The lowest BCUT2D eigenvalue weighted by molar-refractivity contribution is 0.803. The third kappa shape index (κ3) is 2.01. The molecule has 0 aliphatic rings. The summed E-state index contributed by atoms with van der Waals surface area (Å²) in [5.41, 5.74) is 3.02. The quantitative estimate of drug-likeness (QED) is 0.685. The molecule has 102 valence electrons. The van der Waals surface area contributed by atoms with Gasteiger partial charge in [-0.05, 0) is 12.1 Å². The third-order valence-electron chi connectivity index (χ3n) is 3.51. The van der Waals surface area contributed by atoms with Crippen molar-refractivity contribution in [1.82, 2.24) is 19.1 Å². The molecule has 0 aliphatic carbocycles. The Morgan fingerprint density at radius 1 is 1.20 bits per heavy atom. The number of aliphatic imine (C=N–C) groups is 1. The molecule has 3 aromatic rings. The first kappa shape index (κ1) is 12.6. The van der Waals surface area contributed by atoms with Gasteiger partial charge in [-0.15, -0.1) is 0 Å². The first-order valence-electron chi connectivity index (χ1n) is 6.67. The van der Waals surface area contributed by atoms with Gasteiger partial charge in [-0.25, -0.2) is 15.0 Å². The van der Waals surface area contributed by atoms with E-state index in [9.17, 15) is 0 Å². The average Bonchev–Trinajstić information content (AvgIpc) is 2.98. The fraction of sp³-hybridized carbons (Fsp3) is 0.267. The Kier molecular flexibility index (Phi) is 3.10. The number of imidazole rings is 2. The lowest BCUT2D eigenvalue weighted by Crippen LogP contribution is -2.00. The molecule has 5 nitrogen and oxygen atoms in total. The highest BCUT2D eigenvalue weighted by atomic mass is 15.2. The number of aromatic nitrogens is 4. The standard InChI is InChI=1S/C15H17N5/c1-4-14-16-9-11(19(14)2)10-17-15-18-12-7-5-6-8-13(12)20(15)3/h5-10H,4H2,1-3H3/b17-10+. The SMILES string of the molecule is CCc1ncc(/C=N/c2nc3ccccc3n2C)n1C. The number of nitrogens with zero attached hydrogens (tertiary/aromatic N) is 5. The van der Waals surface area contributed by atoms with E-state index in [1.54, 1.807) is 0 Å². The summed E-state index contributed by atoms with van der Waals surface area (Å²) in [6.07, 6.45) is 4.56. The van der Waals surface area contributed by atoms with Crippen LogP contribution in [0.25, 0.3) is 11.0 Å². The second-order valence-corrected chi connectivity index (χ2v) is 4.73. The highest BCUT2D eigenvalue weighted by Crippen LogP contribution is 2.19. The maximum atomic E-state index is 4.52. The number of aryl methyl sites for hydroxylation is 2. The Morgan fingerprint density at radius 2 is 2.00 bits per heavy atom. The summed E-state index contributed by atoms with van der Waals surface area (Å²) < 4.78 is 4.04. The summed E-state index contributed by atoms with van der Waals surface area (Å²) in [7, 11) is 3.98. The van der Waals surface area contributed by atoms with Crippen LogP contribution in [-0.2, 0) is 20.5 Å². The lowest BCUT2D eigenvalue weighted by Gasteiger charge is -1.99. The molecule has 5 heteroatoms. The number of hydrogen-bond acceptors (Lipinski definition) is 3. The van der Waals surface area contributed by atoms with E-state index in [-0.39, 0.29) is 0 Å². The Bertz CT molecular complexity index is 779. The van der Waals surface area contributed by atoms with Crippen LogP contribution in [-0.4, -0.2) is 25.3 Å². The van der Waals surface area contributed by atoms with Gasteiger partial charge < -0.3 is 9.13 Å². The summed E-state index contributed by atoms with van der Waals surface area (Å²) in [6, 6.07) is 8.03. The van der Waals surface area contributed by atoms with Crippen LogP contribution in [0.2, 0.25) is 0 Å². The van der Waals surface area contributed by atoms with Crippen molar-refractivity contribution < 1.29 is 0 Å². The van der Waals surface area contributed by atoms with Crippen molar-refractivity contribution in [3.8, 4) is 0 Å². The fourth-order valence-electron chi connectivity index (χ4n) is 2.28. The van der Waals surface area contributed by atoms with Gasteiger partial charge in [0.15, 0.2) is 0 Å². The number of fused-ring (bicyclic) bond motifs is 1. The van der Waals surface area contributed by atoms with Gasteiger partial charge in [-0.1, -0.05) is 19.1 Å². The molecular formula is C15H17N5. The molecule has 2 heterocycles. The van der Waals surface area contributed by atoms with E-state index in [0.717, 1.165) is 29.0 Å². The summed E-state index contributed by atoms with van der Waals surface area (Å²) in [6.45, 7) is 2.09. The molecule has 0 atom stereocenters. The predicted molar refractivity (Wildman–Crippen MR) is 80.6 cm³/mol. The Labute approximate surface area is 117 Å². The van der Waals surface area contributed by atoms with E-state index in [2.05, 4.69) is 21.9 Å². The van der Waals surface area contributed by atoms with Crippen molar-refractivity contribution >= 4 is 23.2 Å². The van der Waals surface area contributed by atoms with Crippen LogP contribution < -0.4 is 0 Å². The van der Waals surface area contributed by atoms with Crippen LogP contribution in [0.1, 0.15) is 18.4 Å². The maximum absolute atomic E-state index is 4.52. The zero-order chi connectivity index (χ0) is 14.1. The summed E-state index contributed by atoms with van der Waals surface area (Å²) in [5, 5.41) is 0. The monoisotopic (exact) mass is 267 g/mol. The molecule has 0 spiro atoms. The molecule has 20 heavy (non-hydrogen) atoms. The van der Waals surface area contributed by atoms with Crippen LogP contribution in [0.15, 0.2) is 35.5 Å². The van der Waals surface area contributed by atoms with Gasteiger partial charge in [0.25, 0.3) is 0 Å². The van der Waals surface area contributed by atoms with Gasteiger partial charge >= 0.3 is 0 Å². The van der Waals surface area contributed by atoms with Crippen molar-refractivity contribution in [3.05, 3.63) is 42.0 Å². The zero-order valence-electron chi connectivity index (χ0n) is 11.9. The zero-order valence-corrected chi connectivity index (χ0v) is 11.9. The Morgan fingerprint density at radius 3 is 2.70 bits per heavy atom. The number of benzene rings is 1. The van der Waals surface area contributed by atoms with Gasteiger partial charge in [0.2, 0.25) is 5.95 Å². The van der Waals surface area contributed by atoms with Crippen LogP contribution in [0.3, 0.4) is 0 Å². The second kappa shape index (κ2) is 4.92. The highest BCUT2D eigenvalue weighted by molar-refractivity contribution is 5.82. The number of hydrogen-bond donors (Lipinski definition) is 0. The van der Waals surface area contributed by atoms with Gasteiger partial charge in [0, 0.05) is 20.5 Å². The molecule has 2 aromatic heterocycles. The van der Waals surface area contributed by atoms with Crippen LogP contribution in [0.5, 0.6) is 0 Å². The summed E-state index contributed by atoms with van der Waals surface area (Å²) in [5.74, 6) is 1.75. The first-order valence-corrected chi connectivity index (χ1v) is 6.67. The number of para-hydroxylation sites is 2. The van der Waals surface area contributed by atoms with Crippen LogP contribution >= 0.6 is 0 Å². The molecule has 0 fully saturated rings. The highest BCUT2D eigenvalue weighted by Gasteiger charge is 2.06. The van der Waals surface area contributed by atoms with Crippen LogP contribution in [0, 0.1) is 0 Å². The van der Waals surface area contributed by atoms with Gasteiger partial charge in [-0.3, -0.25) is 0 Å². The van der Waals surface area contributed by atoms with Crippen molar-refractivity contribution in [3.63, 3.8) is 0 Å². The molecule has 1 aromatic carbocycles. The van der Waals surface area contributed by atoms with E-state index in [1.165, 1.54) is 0 Å². The summed E-state index contributed by atoms with van der Waals surface area (Å²) >= 11 is 0. The minimum atomic E-state index is 0.699. The smallest absolute Gasteiger partial charge is 0.230 e. The van der Waals surface area contributed by atoms with Crippen molar-refractivity contribution in [2.45, 2.75) is 13.3 Å². The van der Waals surface area contributed by atoms with Gasteiger partial charge in [0.1, 0.15) is 5.82 Å². The molecule has 0 saturated carbocycles. The van der Waals surface area contributed by atoms with Gasteiger partial charge in [0.05, 0.1) is 29.1 Å². The molecular weight excluding hydrogens is 250 g/mol. The van der Waals surface area contributed by atoms with E-state index < -0.39 is 0 Å². The normalized spacial score (nSPS) is 11.8. The molecule has 0 radical (unpaired) electrons. The first-order chi connectivity index (χ1) is 9.70. The van der Waals surface area contributed by atoms with E-state index in [4.69, 9.17) is 0 Å². The molecule has 3 rings (SSSR count). The molecule has 0 aliphatic heterocycles. The summed E-state index contributed by atoms with van der Waals surface area (Å²) in [4.78, 5) is 13.4. The predicted octanol–water partition coefficient (Wildman–Crippen LogP) is 2.62. The average molecular weight is 267 g/mol. The number of rotatable bonds is 3. The molecule has 0 saturated heterocycles. The molecule has 0 amide bonds. The molecule has 0 bridgehead atoms. The minimum absolute atomic E-state index is 0.699. The molecule has 0 unspecified atom stereocenters. The van der Waals surface area contributed by atoms with Crippen molar-refractivity contribution in [2.75, 3.05) is 0 Å².